The van der Waals surface area contributed by atoms with Gasteiger partial charge in [0.25, 0.3) is 0 Å². The molecule has 0 amide bonds. The van der Waals surface area contributed by atoms with Gasteiger partial charge in [0.2, 0.25) is 0 Å². The van der Waals surface area contributed by atoms with E-state index in [4.69, 9.17) is 4.74 Å². The van der Waals surface area contributed by atoms with Crippen molar-refractivity contribution in [1.29, 1.82) is 0 Å². The molecule has 2 saturated heterocycles. The molecule has 1 N–H and O–H groups in total. The van der Waals surface area contributed by atoms with Gasteiger partial charge in [0.05, 0.1) is 23.2 Å². The number of hydrogen-bond acceptors (Lipinski definition) is 4. The van der Waals surface area contributed by atoms with Gasteiger partial charge in [0.15, 0.2) is 9.84 Å². The minimum Gasteiger partial charge on any atom is -0.393 e. The molecule has 2 heterocycles. The van der Waals surface area contributed by atoms with Gasteiger partial charge in [-0.3, -0.25) is 0 Å². The Labute approximate surface area is 77.8 Å². The van der Waals surface area contributed by atoms with Crippen molar-refractivity contribution in [2.75, 3.05) is 18.1 Å². The number of sulfone groups is 1. The lowest BCUT2D eigenvalue weighted by atomic mass is 9.91. The van der Waals surface area contributed by atoms with Crippen LogP contribution in [0.3, 0.4) is 0 Å². The average Bonchev–Trinajstić information content (AvgIpc) is 2.26. The Morgan fingerprint density at radius 3 is 2.77 bits per heavy atom. The lowest BCUT2D eigenvalue weighted by Gasteiger charge is -2.35. The van der Waals surface area contributed by atoms with E-state index in [0.717, 1.165) is 0 Å². The van der Waals surface area contributed by atoms with Gasteiger partial charge >= 0.3 is 0 Å². The molecule has 1 spiro atoms. The summed E-state index contributed by atoms with van der Waals surface area (Å²) in [5, 5.41) is 9.43. The van der Waals surface area contributed by atoms with E-state index in [9.17, 15) is 13.5 Å². The van der Waals surface area contributed by atoms with Crippen molar-refractivity contribution >= 4 is 9.84 Å². The lowest BCUT2D eigenvalue weighted by molar-refractivity contribution is -0.102. The van der Waals surface area contributed by atoms with Crippen LogP contribution >= 0.6 is 0 Å². The van der Waals surface area contributed by atoms with Crippen LogP contribution in [0.25, 0.3) is 0 Å². The predicted molar refractivity (Wildman–Crippen MR) is 47.2 cm³/mol. The van der Waals surface area contributed by atoms with Crippen LogP contribution < -0.4 is 0 Å². The SMILES string of the molecule is O=S1(=O)CCC2(CC(O)CCO2)C1. The van der Waals surface area contributed by atoms with Crippen LogP contribution in [0.4, 0.5) is 0 Å². The van der Waals surface area contributed by atoms with Crippen LogP contribution in [0.1, 0.15) is 19.3 Å². The Balaban J connectivity index is 2.14. The highest BCUT2D eigenvalue weighted by Gasteiger charge is 2.46. The smallest absolute Gasteiger partial charge is 0.153 e. The van der Waals surface area contributed by atoms with Gasteiger partial charge in [-0.2, -0.15) is 0 Å². The van der Waals surface area contributed by atoms with Crippen molar-refractivity contribution < 1.29 is 18.3 Å². The largest absolute Gasteiger partial charge is 0.393 e. The Kier molecular flexibility index (Phi) is 2.13. The van der Waals surface area contributed by atoms with Gasteiger partial charge in [-0.1, -0.05) is 0 Å². The van der Waals surface area contributed by atoms with Crippen molar-refractivity contribution in [3.63, 3.8) is 0 Å². The first-order chi connectivity index (χ1) is 6.02. The third-order valence-corrected chi connectivity index (χ3v) is 4.61. The topological polar surface area (TPSA) is 63.6 Å². The van der Waals surface area contributed by atoms with Crippen molar-refractivity contribution in [1.82, 2.24) is 0 Å². The van der Waals surface area contributed by atoms with Crippen LogP contribution in [0.2, 0.25) is 0 Å². The molecule has 0 saturated carbocycles. The first-order valence-electron chi connectivity index (χ1n) is 4.54. The molecule has 2 rings (SSSR count). The van der Waals surface area contributed by atoms with Crippen molar-refractivity contribution in [2.24, 2.45) is 0 Å². The third kappa shape index (κ3) is 1.87. The van der Waals surface area contributed by atoms with E-state index in [0.29, 0.717) is 25.9 Å². The minimum atomic E-state index is -2.91. The molecule has 0 bridgehead atoms. The molecule has 0 aromatic rings. The molecule has 2 aliphatic rings. The molecular formula is C8H14O4S. The summed E-state index contributed by atoms with van der Waals surface area (Å²) in [6, 6.07) is 0. The number of hydrogen-bond donors (Lipinski definition) is 1. The summed E-state index contributed by atoms with van der Waals surface area (Å²) in [7, 11) is -2.91. The van der Waals surface area contributed by atoms with E-state index in [1.54, 1.807) is 0 Å². The van der Waals surface area contributed by atoms with E-state index < -0.39 is 15.4 Å². The van der Waals surface area contributed by atoms with Crippen molar-refractivity contribution in [3.8, 4) is 0 Å². The Morgan fingerprint density at radius 1 is 1.46 bits per heavy atom. The second kappa shape index (κ2) is 2.93. The molecule has 13 heavy (non-hydrogen) atoms. The maximum atomic E-state index is 11.2. The predicted octanol–water partition coefficient (Wildman–Crippen LogP) is -0.285. The third-order valence-electron chi connectivity index (χ3n) is 2.82. The minimum absolute atomic E-state index is 0.0943. The summed E-state index contributed by atoms with van der Waals surface area (Å²) in [5.74, 6) is 0.302. The fraction of sp³-hybridized carbons (Fsp3) is 1.00. The Morgan fingerprint density at radius 2 is 2.23 bits per heavy atom. The zero-order chi connectivity index (χ0) is 9.53. The van der Waals surface area contributed by atoms with Crippen LogP contribution in [-0.4, -0.2) is 43.3 Å². The van der Waals surface area contributed by atoms with Gasteiger partial charge in [0, 0.05) is 13.0 Å². The fourth-order valence-corrected chi connectivity index (χ4v) is 4.14. The highest BCUT2D eigenvalue weighted by Crippen LogP contribution is 2.35. The number of aliphatic hydroxyl groups is 1. The Hall–Kier alpha value is -0.130. The van der Waals surface area contributed by atoms with Crippen LogP contribution in [0.15, 0.2) is 0 Å². The highest BCUT2D eigenvalue weighted by atomic mass is 32.2. The second-order valence-corrected chi connectivity index (χ2v) is 6.20. The molecule has 2 fully saturated rings. The second-order valence-electron chi connectivity index (χ2n) is 4.02. The van der Waals surface area contributed by atoms with Gasteiger partial charge in [-0.05, 0) is 12.8 Å². The summed E-state index contributed by atoms with van der Waals surface area (Å²) < 4.78 is 28.0. The Bertz CT molecular complexity index is 297. The molecule has 4 nitrogen and oxygen atoms in total. The molecule has 5 heteroatoms. The molecule has 0 aromatic heterocycles. The summed E-state index contributed by atoms with van der Waals surface area (Å²) >= 11 is 0. The molecule has 2 aliphatic heterocycles. The van der Waals surface area contributed by atoms with Crippen LogP contribution in [-0.2, 0) is 14.6 Å². The lowest BCUT2D eigenvalue weighted by Crippen LogP contribution is -2.42. The van der Waals surface area contributed by atoms with Gasteiger partial charge < -0.3 is 9.84 Å². The molecule has 0 aromatic carbocycles. The van der Waals surface area contributed by atoms with E-state index in [-0.39, 0.29) is 17.6 Å². The average molecular weight is 206 g/mol. The van der Waals surface area contributed by atoms with E-state index in [1.807, 2.05) is 0 Å². The van der Waals surface area contributed by atoms with Crippen LogP contribution in [0.5, 0.6) is 0 Å². The number of ether oxygens (including phenoxy) is 1. The standard InChI is InChI=1S/C8H14O4S/c9-7-1-3-12-8(5-7)2-4-13(10,11)6-8/h7,9H,1-6H2. The summed E-state index contributed by atoms with van der Waals surface area (Å²) in [4.78, 5) is 0. The summed E-state index contributed by atoms with van der Waals surface area (Å²) in [5.41, 5.74) is -0.559. The first-order valence-corrected chi connectivity index (χ1v) is 6.36. The number of aliphatic hydroxyl groups excluding tert-OH is 1. The van der Waals surface area contributed by atoms with Gasteiger partial charge in [-0.15, -0.1) is 0 Å². The van der Waals surface area contributed by atoms with Crippen molar-refractivity contribution in [2.45, 2.75) is 31.0 Å². The molecule has 2 unspecified atom stereocenters. The van der Waals surface area contributed by atoms with Gasteiger partial charge in [-0.25, -0.2) is 8.42 Å². The molecular weight excluding hydrogens is 192 g/mol. The zero-order valence-electron chi connectivity index (χ0n) is 7.40. The van der Waals surface area contributed by atoms with E-state index in [1.165, 1.54) is 0 Å². The normalized spacial score (nSPS) is 43.9. The van der Waals surface area contributed by atoms with E-state index >= 15 is 0 Å². The first kappa shape index (κ1) is 9.43. The molecule has 2 atom stereocenters. The zero-order valence-corrected chi connectivity index (χ0v) is 8.22. The van der Waals surface area contributed by atoms with E-state index in [2.05, 4.69) is 0 Å². The molecule has 0 aliphatic carbocycles. The maximum absolute atomic E-state index is 11.2. The maximum Gasteiger partial charge on any atom is 0.153 e. The summed E-state index contributed by atoms with van der Waals surface area (Å²) in [6.45, 7) is 0.483. The molecule has 76 valence electrons. The van der Waals surface area contributed by atoms with Gasteiger partial charge in [0.1, 0.15) is 0 Å². The highest BCUT2D eigenvalue weighted by molar-refractivity contribution is 7.91. The van der Waals surface area contributed by atoms with Crippen LogP contribution in [0, 0.1) is 0 Å². The quantitative estimate of drug-likeness (QED) is 0.592. The number of rotatable bonds is 0. The summed E-state index contributed by atoms with van der Waals surface area (Å²) in [6.07, 6.45) is 1.27. The monoisotopic (exact) mass is 206 g/mol. The molecule has 0 radical (unpaired) electrons. The van der Waals surface area contributed by atoms with Crippen molar-refractivity contribution in [3.05, 3.63) is 0 Å². The fourth-order valence-electron chi connectivity index (χ4n) is 2.16.